The van der Waals surface area contributed by atoms with E-state index >= 15 is 0 Å². The van der Waals surface area contributed by atoms with Gasteiger partial charge in [-0.15, -0.1) is 0 Å². The SMILES string of the molecule is COCCCN1C(=O)C(=O)/C(=C(/O)c2cc(OC)ccc2Cl)C1c1ccccc1OC(C)C. The Labute approximate surface area is 198 Å². The van der Waals surface area contributed by atoms with Crippen molar-refractivity contribution in [1.82, 2.24) is 4.90 Å². The molecule has 0 bridgehead atoms. The van der Waals surface area contributed by atoms with Crippen LogP contribution in [0.15, 0.2) is 48.0 Å². The fourth-order valence-electron chi connectivity index (χ4n) is 3.84. The topological polar surface area (TPSA) is 85.3 Å². The summed E-state index contributed by atoms with van der Waals surface area (Å²) in [6, 6.07) is 11.1. The van der Waals surface area contributed by atoms with Crippen molar-refractivity contribution in [3.05, 3.63) is 64.2 Å². The number of ether oxygens (including phenoxy) is 3. The van der Waals surface area contributed by atoms with Crippen LogP contribution in [-0.2, 0) is 14.3 Å². The van der Waals surface area contributed by atoms with Crippen molar-refractivity contribution in [3.8, 4) is 11.5 Å². The van der Waals surface area contributed by atoms with Gasteiger partial charge >= 0.3 is 0 Å². The highest BCUT2D eigenvalue weighted by Crippen LogP contribution is 2.44. The third kappa shape index (κ3) is 5.15. The number of likely N-dealkylation sites (tertiary alicyclic amines) is 1. The molecule has 33 heavy (non-hydrogen) atoms. The predicted octanol–water partition coefficient (Wildman–Crippen LogP) is 4.59. The van der Waals surface area contributed by atoms with Crippen molar-refractivity contribution in [3.63, 3.8) is 0 Å². The molecular weight excluding hydrogens is 446 g/mol. The van der Waals surface area contributed by atoms with Crippen LogP contribution in [0.25, 0.3) is 5.76 Å². The number of hydrogen-bond donors (Lipinski definition) is 1. The number of methoxy groups -OCH3 is 2. The van der Waals surface area contributed by atoms with Crippen LogP contribution in [0.2, 0.25) is 5.02 Å². The van der Waals surface area contributed by atoms with Crippen LogP contribution >= 0.6 is 11.6 Å². The Balaban J connectivity index is 2.22. The number of benzene rings is 2. The van der Waals surface area contributed by atoms with Crippen LogP contribution in [0, 0.1) is 0 Å². The third-order valence-electron chi connectivity index (χ3n) is 5.29. The Morgan fingerprint density at radius 2 is 1.88 bits per heavy atom. The molecule has 1 amide bonds. The van der Waals surface area contributed by atoms with Gasteiger partial charge in [0.25, 0.3) is 11.7 Å². The number of carbonyl (C=O) groups excluding carboxylic acids is 2. The van der Waals surface area contributed by atoms with Gasteiger partial charge in [0.1, 0.15) is 17.3 Å². The van der Waals surface area contributed by atoms with Crippen LogP contribution in [0.4, 0.5) is 0 Å². The van der Waals surface area contributed by atoms with Gasteiger partial charge in [0.05, 0.1) is 29.9 Å². The van der Waals surface area contributed by atoms with Gasteiger partial charge in [-0.3, -0.25) is 9.59 Å². The summed E-state index contributed by atoms with van der Waals surface area (Å²) < 4.78 is 16.3. The molecule has 0 saturated carbocycles. The van der Waals surface area contributed by atoms with Crippen LogP contribution in [0.5, 0.6) is 11.5 Å². The van der Waals surface area contributed by atoms with Gasteiger partial charge in [0, 0.05) is 31.4 Å². The van der Waals surface area contributed by atoms with E-state index in [-0.39, 0.29) is 34.6 Å². The summed E-state index contributed by atoms with van der Waals surface area (Å²) in [5.74, 6) is -0.867. The van der Waals surface area contributed by atoms with E-state index in [1.807, 2.05) is 19.9 Å². The number of rotatable bonds is 9. The maximum Gasteiger partial charge on any atom is 0.295 e. The lowest BCUT2D eigenvalue weighted by atomic mass is 9.94. The fourth-order valence-corrected chi connectivity index (χ4v) is 4.05. The molecule has 1 N–H and O–H groups in total. The predicted molar refractivity (Wildman–Crippen MR) is 126 cm³/mol. The number of carbonyl (C=O) groups is 2. The quantitative estimate of drug-likeness (QED) is 0.248. The van der Waals surface area contributed by atoms with Gasteiger partial charge in [0.2, 0.25) is 0 Å². The Morgan fingerprint density at radius 3 is 2.55 bits per heavy atom. The first-order chi connectivity index (χ1) is 15.8. The maximum absolute atomic E-state index is 13.2. The van der Waals surface area contributed by atoms with Crippen molar-refractivity contribution < 1.29 is 28.9 Å². The van der Waals surface area contributed by atoms with E-state index in [0.29, 0.717) is 30.1 Å². The van der Waals surface area contributed by atoms with E-state index in [2.05, 4.69) is 0 Å². The first kappa shape index (κ1) is 24.6. The molecule has 1 heterocycles. The first-order valence-electron chi connectivity index (χ1n) is 10.7. The largest absolute Gasteiger partial charge is 0.507 e. The third-order valence-corrected chi connectivity index (χ3v) is 5.62. The van der Waals surface area contributed by atoms with E-state index in [0.717, 1.165) is 0 Å². The molecule has 0 aliphatic carbocycles. The Morgan fingerprint density at radius 1 is 1.15 bits per heavy atom. The van der Waals surface area contributed by atoms with Gasteiger partial charge in [-0.25, -0.2) is 0 Å². The molecule has 7 nitrogen and oxygen atoms in total. The lowest BCUT2D eigenvalue weighted by Gasteiger charge is -2.27. The standard InChI is InChI=1S/C25H28ClNO6/c1-15(2)33-20-9-6-5-8-17(20)22-21(24(29)25(30)27(22)12-7-13-31-3)23(28)18-14-16(32-4)10-11-19(18)26/h5-6,8-11,14-15,22,28H,7,12-13H2,1-4H3/b23-21+. The van der Waals surface area contributed by atoms with E-state index in [4.69, 9.17) is 25.8 Å². The molecular formula is C25H28ClNO6. The summed E-state index contributed by atoms with van der Waals surface area (Å²) in [5, 5.41) is 11.5. The number of Topliss-reactive ketones (excluding diaryl/α,β-unsaturated/α-hetero) is 1. The molecule has 1 aliphatic heterocycles. The molecule has 1 aliphatic rings. The number of para-hydroxylation sites is 1. The number of nitrogens with zero attached hydrogens (tertiary/aromatic N) is 1. The molecule has 1 atom stereocenters. The zero-order valence-corrected chi connectivity index (χ0v) is 19.9. The molecule has 8 heteroatoms. The van der Waals surface area contributed by atoms with Crippen molar-refractivity contribution in [2.24, 2.45) is 0 Å². The maximum atomic E-state index is 13.2. The molecule has 176 valence electrons. The normalized spacial score (nSPS) is 17.6. The van der Waals surface area contributed by atoms with Crippen molar-refractivity contribution >= 4 is 29.1 Å². The number of amides is 1. The van der Waals surface area contributed by atoms with Crippen molar-refractivity contribution in [2.75, 3.05) is 27.4 Å². The van der Waals surface area contributed by atoms with E-state index in [9.17, 15) is 14.7 Å². The average Bonchev–Trinajstić information content (AvgIpc) is 3.04. The highest BCUT2D eigenvalue weighted by atomic mass is 35.5. The van der Waals surface area contributed by atoms with Crippen molar-refractivity contribution in [2.45, 2.75) is 32.4 Å². The van der Waals surface area contributed by atoms with Gasteiger partial charge < -0.3 is 24.2 Å². The molecule has 2 aromatic rings. The Kier molecular flexibility index (Phi) is 8.00. The van der Waals surface area contributed by atoms with Crippen LogP contribution < -0.4 is 9.47 Å². The highest BCUT2D eigenvalue weighted by molar-refractivity contribution is 6.47. The minimum absolute atomic E-state index is 0.0487. The zero-order chi connectivity index (χ0) is 24.1. The number of aliphatic hydroxyl groups excluding tert-OH is 1. The van der Waals surface area contributed by atoms with Gasteiger partial charge in [0.15, 0.2) is 0 Å². The molecule has 0 aromatic heterocycles. The summed E-state index contributed by atoms with van der Waals surface area (Å²) in [5.41, 5.74) is 0.758. The lowest BCUT2D eigenvalue weighted by molar-refractivity contribution is -0.140. The van der Waals surface area contributed by atoms with Crippen molar-refractivity contribution in [1.29, 1.82) is 0 Å². The van der Waals surface area contributed by atoms with E-state index in [1.165, 1.54) is 18.1 Å². The van der Waals surface area contributed by atoms with Crippen LogP contribution in [-0.4, -0.2) is 55.2 Å². The second-order valence-electron chi connectivity index (χ2n) is 7.89. The average molecular weight is 474 g/mol. The fraction of sp³-hybridized carbons (Fsp3) is 0.360. The van der Waals surface area contributed by atoms with Gasteiger partial charge in [-0.05, 0) is 44.5 Å². The smallest absolute Gasteiger partial charge is 0.295 e. The molecule has 1 unspecified atom stereocenters. The number of ketones is 1. The number of aliphatic hydroxyl groups is 1. The highest BCUT2D eigenvalue weighted by Gasteiger charge is 2.47. The van der Waals surface area contributed by atoms with Crippen LogP contribution in [0.3, 0.4) is 0 Å². The molecule has 1 fully saturated rings. The second kappa shape index (κ2) is 10.7. The lowest BCUT2D eigenvalue weighted by Crippen LogP contribution is -2.31. The van der Waals surface area contributed by atoms with Crippen LogP contribution in [0.1, 0.15) is 37.4 Å². The molecule has 3 rings (SSSR count). The minimum Gasteiger partial charge on any atom is -0.507 e. The Bertz CT molecular complexity index is 1060. The molecule has 1 saturated heterocycles. The summed E-state index contributed by atoms with van der Waals surface area (Å²) in [6.07, 6.45) is 0.391. The van der Waals surface area contributed by atoms with E-state index in [1.54, 1.807) is 37.4 Å². The molecule has 0 spiro atoms. The number of hydrogen-bond acceptors (Lipinski definition) is 6. The first-order valence-corrected chi connectivity index (χ1v) is 11.0. The summed E-state index contributed by atoms with van der Waals surface area (Å²) in [6.45, 7) is 4.47. The molecule has 2 aromatic carbocycles. The second-order valence-corrected chi connectivity index (χ2v) is 8.30. The zero-order valence-electron chi connectivity index (χ0n) is 19.1. The summed E-state index contributed by atoms with van der Waals surface area (Å²) in [7, 11) is 3.06. The summed E-state index contributed by atoms with van der Waals surface area (Å²) in [4.78, 5) is 27.7. The number of halogens is 1. The van der Waals surface area contributed by atoms with Gasteiger partial charge in [-0.2, -0.15) is 0 Å². The van der Waals surface area contributed by atoms with Gasteiger partial charge in [-0.1, -0.05) is 29.8 Å². The summed E-state index contributed by atoms with van der Waals surface area (Å²) >= 11 is 6.34. The monoisotopic (exact) mass is 473 g/mol. The molecule has 0 radical (unpaired) electrons. The van der Waals surface area contributed by atoms with E-state index < -0.39 is 17.7 Å². The Hall–Kier alpha value is -3.03. The minimum atomic E-state index is -0.848.